The summed E-state index contributed by atoms with van der Waals surface area (Å²) in [6, 6.07) is 7.23. The molecule has 1 saturated heterocycles. The second kappa shape index (κ2) is 7.03. The fourth-order valence-electron chi connectivity index (χ4n) is 2.84. The van der Waals surface area contributed by atoms with Crippen LogP contribution in [0.25, 0.3) is 0 Å². The second-order valence-electron chi connectivity index (χ2n) is 5.21. The third-order valence-electron chi connectivity index (χ3n) is 3.88. The van der Waals surface area contributed by atoms with Gasteiger partial charge in [0.1, 0.15) is 6.29 Å². The number of benzene rings is 1. The highest BCUT2D eigenvalue weighted by molar-refractivity contribution is 5.52. The van der Waals surface area contributed by atoms with Crippen molar-refractivity contribution in [1.82, 2.24) is 0 Å². The first-order valence-electron chi connectivity index (χ1n) is 7.17. The summed E-state index contributed by atoms with van der Waals surface area (Å²) in [4.78, 5) is 23.1. The predicted octanol–water partition coefficient (Wildman–Crippen LogP) is 3.32. The number of nitro benzene ring substituents is 1. The van der Waals surface area contributed by atoms with Crippen LogP contribution in [-0.4, -0.2) is 23.8 Å². The Morgan fingerprint density at radius 3 is 2.70 bits per heavy atom. The lowest BCUT2D eigenvalue weighted by Gasteiger charge is -2.37. The monoisotopic (exact) mass is 276 g/mol. The number of carbonyl (C=O) groups is 1. The SMILES string of the molecule is O=CCCCC1CCCCN1c1ccc([N+](=O)[O-])cc1. The number of aldehydes is 1. The summed E-state index contributed by atoms with van der Waals surface area (Å²) < 4.78 is 0. The molecule has 1 aromatic rings. The third-order valence-corrected chi connectivity index (χ3v) is 3.88. The summed E-state index contributed by atoms with van der Waals surface area (Å²) >= 11 is 0. The molecular formula is C15H20N2O3. The maximum absolute atomic E-state index is 10.7. The van der Waals surface area contributed by atoms with Crippen LogP contribution >= 0.6 is 0 Å². The van der Waals surface area contributed by atoms with E-state index < -0.39 is 0 Å². The van der Waals surface area contributed by atoms with E-state index >= 15 is 0 Å². The molecule has 1 aromatic carbocycles. The Morgan fingerprint density at radius 1 is 1.30 bits per heavy atom. The average Bonchev–Trinajstić information content (AvgIpc) is 2.48. The van der Waals surface area contributed by atoms with Gasteiger partial charge in [-0.1, -0.05) is 0 Å². The molecule has 5 heteroatoms. The molecule has 20 heavy (non-hydrogen) atoms. The molecule has 108 valence electrons. The lowest BCUT2D eigenvalue weighted by atomic mass is 9.96. The summed E-state index contributed by atoms with van der Waals surface area (Å²) in [5.41, 5.74) is 1.18. The summed E-state index contributed by atoms with van der Waals surface area (Å²) in [5.74, 6) is 0. The Balaban J connectivity index is 2.06. The number of nitro groups is 1. The largest absolute Gasteiger partial charge is 0.369 e. The van der Waals surface area contributed by atoms with Crippen LogP contribution in [0.4, 0.5) is 11.4 Å². The lowest BCUT2D eigenvalue weighted by Crippen LogP contribution is -2.39. The standard InChI is InChI=1S/C15H20N2O3/c18-12-4-2-6-13-5-1-3-11-16(13)14-7-9-15(10-8-14)17(19)20/h7-10,12-13H,1-6,11H2. The number of anilines is 1. The topological polar surface area (TPSA) is 63.5 Å². The fourth-order valence-corrected chi connectivity index (χ4v) is 2.84. The van der Waals surface area contributed by atoms with Gasteiger partial charge in [-0.25, -0.2) is 0 Å². The van der Waals surface area contributed by atoms with Crippen molar-refractivity contribution < 1.29 is 9.72 Å². The van der Waals surface area contributed by atoms with Crippen LogP contribution in [0, 0.1) is 10.1 Å². The number of hydrogen-bond acceptors (Lipinski definition) is 4. The molecule has 0 amide bonds. The summed E-state index contributed by atoms with van der Waals surface area (Å²) in [5, 5.41) is 10.7. The molecule has 5 nitrogen and oxygen atoms in total. The van der Waals surface area contributed by atoms with Gasteiger partial charge >= 0.3 is 0 Å². The zero-order chi connectivity index (χ0) is 14.4. The van der Waals surface area contributed by atoms with Crippen LogP contribution in [0.5, 0.6) is 0 Å². The van der Waals surface area contributed by atoms with E-state index in [1.54, 1.807) is 12.1 Å². The van der Waals surface area contributed by atoms with E-state index in [4.69, 9.17) is 0 Å². The van der Waals surface area contributed by atoms with E-state index in [2.05, 4.69) is 4.90 Å². The number of unbranched alkanes of at least 4 members (excludes halogenated alkanes) is 1. The first-order chi connectivity index (χ1) is 9.72. The Labute approximate surface area is 118 Å². The van der Waals surface area contributed by atoms with Gasteiger partial charge in [0, 0.05) is 36.8 Å². The van der Waals surface area contributed by atoms with E-state index in [1.807, 2.05) is 12.1 Å². The van der Waals surface area contributed by atoms with Crippen molar-refractivity contribution in [1.29, 1.82) is 0 Å². The fraction of sp³-hybridized carbons (Fsp3) is 0.533. The number of hydrogen-bond donors (Lipinski definition) is 0. The van der Waals surface area contributed by atoms with Crippen molar-refractivity contribution in [2.75, 3.05) is 11.4 Å². The van der Waals surface area contributed by atoms with Crippen molar-refractivity contribution in [3.63, 3.8) is 0 Å². The molecule has 1 heterocycles. The minimum Gasteiger partial charge on any atom is -0.369 e. The van der Waals surface area contributed by atoms with Gasteiger partial charge in [0.2, 0.25) is 0 Å². The number of non-ortho nitro benzene ring substituents is 1. The lowest BCUT2D eigenvalue weighted by molar-refractivity contribution is -0.384. The van der Waals surface area contributed by atoms with Gasteiger partial charge in [-0.15, -0.1) is 0 Å². The molecule has 1 aliphatic rings. The highest BCUT2D eigenvalue weighted by atomic mass is 16.6. The van der Waals surface area contributed by atoms with Gasteiger partial charge in [-0.3, -0.25) is 10.1 Å². The normalized spacial score (nSPS) is 18.8. The molecule has 0 bridgehead atoms. The minimum absolute atomic E-state index is 0.128. The van der Waals surface area contributed by atoms with E-state index in [0.29, 0.717) is 12.5 Å². The van der Waals surface area contributed by atoms with Crippen molar-refractivity contribution in [3.05, 3.63) is 34.4 Å². The number of carbonyl (C=O) groups excluding carboxylic acids is 1. The Hall–Kier alpha value is -1.91. The molecule has 2 rings (SSSR count). The van der Waals surface area contributed by atoms with Gasteiger partial charge in [-0.05, 0) is 44.2 Å². The molecule has 1 unspecified atom stereocenters. The summed E-state index contributed by atoms with van der Waals surface area (Å²) in [6.07, 6.45) is 7.02. The maximum atomic E-state index is 10.7. The van der Waals surface area contributed by atoms with Crippen molar-refractivity contribution in [2.45, 2.75) is 44.6 Å². The molecule has 0 N–H and O–H groups in total. The summed E-state index contributed by atoms with van der Waals surface area (Å²) in [7, 11) is 0. The van der Waals surface area contributed by atoms with E-state index in [-0.39, 0.29) is 10.6 Å². The Morgan fingerprint density at radius 2 is 2.05 bits per heavy atom. The molecule has 1 aliphatic heterocycles. The van der Waals surface area contributed by atoms with Gasteiger partial charge in [0.25, 0.3) is 5.69 Å². The smallest absolute Gasteiger partial charge is 0.269 e. The molecule has 0 radical (unpaired) electrons. The third kappa shape index (κ3) is 3.56. The van der Waals surface area contributed by atoms with Crippen LogP contribution in [0.15, 0.2) is 24.3 Å². The van der Waals surface area contributed by atoms with Crippen LogP contribution in [0.1, 0.15) is 38.5 Å². The quantitative estimate of drug-likeness (QED) is 0.346. The highest BCUT2D eigenvalue weighted by Crippen LogP contribution is 2.28. The van der Waals surface area contributed by atoms with Gasteiger partial charge in [0.15, 0.2) is 0 Å². The van der Waals surface area contributed by atoms with Crippen LogP contribution in [0.3, 0.4) is 0 Å². The Bertz CT molecular complexity index is 459. The van der Waals surface area contributed by atoms with Crippen LogP contribution < -0.4 is 4.90 Å². The van der Waals surface area contributed by atoms with Gasteiger partial charge in [0.05, 0.1) is 4.92 Å². The molecule has 1 atom stereocenters. The molecule has 1 fully saturated rings. The van der Waals surface area contributed by atoms with Gasteiger partial charge < -0.3 is 9.69 Å². The average molecular weight is 276 g/mol. The van der Waals surface area contributed by atoms with E-state index in [0.717, 1.165) is 44.2 Å². The van der Waals surface area contributed by atoms with Crippen LogP contribution in [0.2, 0.25) is 0 Å². The summed E-state index contributed by atoms with van der Waals surface area (Å²) in [6.45, 7) is 0.990. The predicted molar refractivity (Wildman–Crippen MR) is 78.0 cm³/mol. The zero-order valence-corrected chi connectivity index (χ0v) is 11.5. The number of nitrogens with zero attached hydrogens (tertiary/aromatic N) is 2. The minimum atomic E-state index is -0.373. The first-order valence-corrected chi connectivity index (χ1v) is 7.17. The first kappa shape index (κ1) is 14.5. The molecule has 0 aromatic heterocycles. The number of rotatable bonds is 6. The van der Waals surface area contributed by atoms with E-state index in [9.17, 15) is 14.9 Å². The zero-order valence-electron chi connectivity index (χ0n) is 11.5. The van der Waals surface area contributed by atoms with Gasteiger partial charge in [-0.2, -0.15) is 0 Å². The molecule has 0 saturated carbocycles. The Kier molecular flexibility index (Phi) is 5.09. The molecule has 0 aliphatic carbocycles. The number of piperidine rings is 1. The van der Waals surface area contributed by atoms with Crippen molar-refractivity contribution in [2.24, 2.45) is 0 Å². The molecule has 0 spiro atoms. The van der Waals surface area contributed by atoms with Crippen molar-refractivity contribution >= 4 is 17.7 Å². The van der Waals surface area contributed by atoms with Crippen LogP contribution in [-0.2, 0) is 4.79 Å². The highest BCUT2D eigenvalue weighted by Gasteiger charge is 2.22. The van der Waals surface area contributed by atoms with Crippen molar-refractivity contribution in [3.8, 4) is 0 Å². The maximum Gasteiger partial charge on any atom is 0.269 e. The van der Waals surface area contributed by atoms with E-state index in [1.165, 1.54) is 6.42 Å². The second-order valence-corrected chi connectivity index (χ2v) is 5.21. The molecular weight excluding hydrogens is 256 g/mol.